The highest BCUT2D eigenvalue weighted by atomic mass is 32.2. The molecular weight excluding hydrogens is 280 g/mol. The molecule has 6 nitrogen and oxygen atoms in total. The Kier molecular flexibility index (Phi) is 7.47. The first-order valence-corrected chi connectivity index (χ1v) is 8.95. The van der Waals surface area contributed by atoms with Gasteiger partial charge in [0.1, 0.15) is 0 Å². The molecule has 1 aliphatic rings. The molecule has 0 radical (unpaired) electrons. The van der Waals surface area contributed by atoms with Gasteiger partial charge in [0.05, 0.1) is 12.2 Å². The van der Waals surface area contributed by atoms with Crippen molar-refractivity contribution in [2.24, 2.45) is 0 Å². The highest BCUT2D eigenvalue weighted by Gasteiger charge is 2.17. The van der Waals surface area contributed by atoms with E-state index < -0.39 is 16.0 Å². The Bertz CT molecular complexity index is 391. The van der Waals surface area contributed by atoms with Crippen LogP contribution in [0, 0.1) is 0 Å². The lowest BCUT2D eigenvalue weighted by Crippen LogP contribution is -2.36. The van der Waals surface area contributed by atoms with Gasteiger partial charge in [0.25, 0.3) is 0 Å². The minimum absolute atomic E-state index is 0.346. The number of nitrogens with zero attached hydrogens (tertiary/aromatic N) is 1. The van der Waals surface area contributed by atoms with Gasteiger partial charge in [-0.15, -0.1) is 0 Å². The van der Waals surface area contributed by atoms with E-state index >= 15 is 0 Å². The smallest absolute Gasteiger partial charge is 0.304 e. The van der Waals surface area contributed by atoms with Gasteiger partial charge in [0.15, 0.2) is 0 Å². The molecule has 0 aliphatic heterocycles. The van der Waals surface area contributed by atoms with E-state index in [-0.39, 0.29) is 12.2 Å². The van der Waals surface area contributed by atoms with Gasteiger partial charge in [-0.1, -0.05) is 19.3 Å². The standard InChI is InChI=1S/C13H26N2O4S/c1-15(12-6-3-2-4-7-12)10-5-9-14-20(18,19)11-8-13(16)17/h12,14H,2-11H2,1H3,(H,16,17). The number of rotatable bonds is 9. The average molecular weight is 306 g/mol. The highest BCUT2D eigenvalue weighted by molar-refractivity contribution is 7.89. The van der Waals surface area contributed by atoms with Gasteiger partial charge < -0.3 is 10.0 Å². The molecule has 0 spiro atoms. The quantitative estimate of drug-likeness (QED) is 0.621. The largest absolute Gasteiger partial charge is 0.481 e. The predicted molar refractivity (Wildman–Crippen MR) is 78.2 cm³/mol. The Labute approximate surface area is 121 Å². The van der Waals surface area contributed by atoms with Crippen molar-refractivity contribution in [3.63, 3.8) is 0 Å². The molecule has 0 bridgehead atoms. The molecule has 0 aromatic rings. The zero-order chi connectivity index (χ0) is 15.0. The van der Waals surface area contributed by atoms with E-state index in [0.29, 0.717) is 12.6 Å². The maximum absolute atomic E-state index is 11.5. The van der Waals surface area contributed by atoms with E-state index in [9.17, 15) is 13.2 Å². The van der Waals surface area contributed by atoms with Crippen LogP contribution in [-0.4, -0.2) is 56.3 Å². The number of hydrogen-bond donors (Lipinski definition) is 2. The summed E-state index contributed by atoms with van der Waals surface area (Å²) < 4.78 is 25.4. The van der Waals surface area contributed by atoms with Crippen molar-refractivity contribution < 1.29 is 18.3 Å². The van der Waals surface area contributed by atoms with Crippen molar-refractivity contribution in [1.82, 2.24) is 9.62 Å². The molecule has 0 heterocycles. The molecule has 1 aliphatic carbocycles. The SMILES string of the molecule is CN(CCCNS(=O)(=O)CCC(=O)O)C1CCCCC1. The minimum atomic E-state index is -3.45. The third kappa shape index (κ3) is 7.21. The second-order valence-electron chi connectivity index (χ2n) is 5.48. The number of sulfonamides is 1. The van der Waals surface area contributed by atoms with Crippen molar-refractivity contribution in [1.29, 1.82) is 0 Å². The second kappa shape index (κ2) is 8.59. The number of aliphatic carboxylic acids is 1. The molecular formula is C13H26N2O4S. The van der Waals surface area contributed by atoms with Crippen LogP contribution in [0.5, 0.6) is 0 Å². The van der Waals surface area contributed by atoms with Crippen molar-refractivity contribution in [2.45, 2.75) is 51.0 Å². The van der Waals surface area contributed by atoms with E-state index in [1.54, 1.807) is 0 Å². The summed E-state index contributed by atoms with van der Waals surface area (Å²) >= 11 is 0. The molecule has 1 rings (SSSR count). The van der Waals surface area contributed by atoms with Gasteiger partial charge in [0, 0.05) is 12.6 Å². The van der Waals surface area contributed by atoms with Crippen molar-refractivity contribution in [2.75, 3.05) is 25.9 Å². The van der Waals surface area contributed by atoms with Crippen LogP contribution >= 0.6 is 0 Å². The van der Waals surface area contributed by atoms with Crippen LogP contribution in [0.25, 0.3) is 0 Å². The van der Waals surface area contributed by atoms with Gasteiger partial charge in [-0.2, -0.15) is 0 Å². The number of carbonyl (C=O) groups is 1. The van der Waals surface area contributed by atoms with Crippen LogP contribution in [0.3, 0.4) is 0 Å². The molecule has 0 unspecified atom stereocenters. The molecule has 0 aromatic heterocycles. The van der Waals surface area contributed by atoms with E-state index in [2.05, 4.69) is 16.7 Å². The van der Waals surface area contributed by atoms with Gasteiger partial charge >= 0.3 is 5.97 Å². The minimum Gasteiger partial charge on any atom is -0.481 e. The van der Waals surface area contributed by atoms with Crippen molar-refractivity contribution in [3.8, 4) is 0 Å². The molecule has 1 fully saturated rings. The van der Waals surface area contributed by atoms with Crippen LogP contribution in [0.15, 0.2) is 0 Å². The normalized spacial score (nSPS) is 17.5. The number of carboxylic acids is 1. The third-order valence-electron chi connectivity index (χ3n) is 3.79. The molecule has 7 heteroatoms. The van der Waals surface area contributed by atoms with E-state index in [1.165, 1.54) is 32.1 Å². The number of nitrogens with one attached hydrogen (secondary N) is 1. The molecule has 118 valence electrons. The zero-order valence-corrected chi connectivity index (χ0v) is 13.0. The first-order chi connectivity index (χ1) is 9.41. The number of carboxylic acid groups (broad SMARTS) is 1. The average Bonchev–Trinajstić information content (AvgIpc) is 2.42. The molecule has 0 aromatic carbocycles. The molecule has 0 atom stereocenters. The Hall–Kier alpha value is -0.660. The van der Waals surface area contributed by atoms with Gasteiger partial charge in [-0.25, -0.2) is 13.1 Å². The highest BCUT2D eigenvalue weighted by Crippen LogP contribution is 2.21. The number of hydrogen-bond acceptors (Lipinski definition) is 4. The lowest BCUT2D eigenvalue weighted by molar-refractivity contribution is -0.136. The molecule has 20 heavy (non-hydrogen) atoms. The Morgan fingerprint density at radius 3 is 2.55 bits per heavy atom. The monoisotopic (exact) mass is 306 g/mol. The van der Waals surface area contributed by atoms with Gasteiger partial charge in [0.2, 0.25) is 10.0 Å². The van der Waals surface area contributed by atoms with Crippen molar-refractivity contribution >= 4 is 16.0 Å². The van der Waals surface area contributed by atoms with Crippen LogP contribution in [-0.2, 0) is 14.8 Å². The first-order valence-electron chi connectivity index (χ1n) is 7.30. The maximum atomic E-state index is 11.5. The lowest BCUT2D eigenvalue weighted by atomic mass is 9.94. The topological polar surface area (TPSA) is 86.7 Å². The summed E-state index contributed by atoms with van der Waals surface area (Å²) in [6.07, 6.45) is 6.78. The zero-order valence-electron chi connectivity index (χ0n) is 12.2. The summed E-state index contributed by atoms with van der Waals surface area (Å²) in [5.74, 6) is -1.44. The third-order valence-corrected chi connectivity index (χ3v) is 5.18. The summed E-state index contributed by atoms with van der Waals surface area (Å²) in [5, 5.41) is 8.47. The predicted octanol–water partition coefficient (Wildman–Crippen LogP) is 1.04. The molecule has 2 N–H and O–H groups in total. The molecule has 0 amide bonds. The summed E-state index contributed by atoms with van der Waals surface area (Å²) in [4.78, 5) is 12.7. The fourth-order valence-corrected chi connectivity index (χ4v) is 3.60. The van der Waals surface area contributed by atoms with Crippen LogP contribution < -0.4 is 4.72 Å². The van der Waals surface area contributed by atoms with Crippen LogP contribution in [0.4, 0.5) is 0 Å². The summed E-state index contributed by atoms with van der Waals surface area (Å²) in [5.41, 5.74) is 0. The Balaban J connectivity index is 2.15. The summed E-state index contributed by atoms with van der Waals surface area (Å²) in [6.45, 7) is 1.24. The van der Waals surface area contributed by atoms with Gasteiger partial charge in [-0.3, -0.25) is 4.79 Å². The van der Waals surface area contributed by atoms with Gasteiger partial charge in [-0.05, 0) is 32.9 Å². The van der Waals surface area contributed by atoms with Crippen LogP contribution in [0.2, 0.25) is 0 Å². The Morgan fingerprint density at radius 1 is 1.30 bits per heavy atom. The first kappa shape index (κ1) is 17.4. The van der Waals surface area contributed by atoms with E-state index in [0.717, 1.165) is 13.0 Å². The lowest BCUT2D eigenvalue weighted by Gasteiger charge is -2.31. The van der Waals surface area contributed by atoms with E-state index in [4.69, 9.17) is 5.11 Å². The van der Waals surface area contributed by atoms with E-state index in [1.807, 2.05) is 0 Å². The summed E-state index contributed by atoms with van der Waals surface area (Å²) in [6, 6.07) is 0.632. The fourth-order valence-electron chi connectivity index (χ4n) is 2.55. The van der Waals surface area contributed by atoms with Crippen molar-refractivity contribution in [3.05, 3.63) is 0 Å². The second-order valence-corrected chi connectivity index (χ2v) is 7.41. The molecule has 1 saturated carbocycles. The summed E-state index contributed by atoms with van der Waals surface area (Å²) in [7, 11) is -1.36. The van der Waals surface area contributed by atoms with Crippen LogP contribution in [0.1, 0.15) is 44.9 Å². The maximum Gasteiger partial charge on any atom is 0.304 e. The Morgan fingerprint density at radius 2 is 1.95 bits per heavy atom. The molecule has 0 saturated heterocycles. The fraction of sp³-hybridized carbons (Fsp3) is 0.923.